The van der Waals surface area contributed by atoms with Crippen molar-refractivity contribution in [3.05, 3.63) is 29.3 Å². The second-order valence-corrected chi connectivity index (χ2v) is 9.06. The molecule has 2 unspecified atom stereocenters. The number of piperidine rings is 1. The predicted octanol–water partition coefficient (Wildman–Crippen LogP) is 3.59. The van der Waals surface area contributed by atoms with Gasteiger partial charge in [0, 0.05) is 30.8 Å². The molecule has 0 radical (unpaired) electrons. The van der Waals surface area contributed by atoms with E-state index in [0.29, 0.717) is 23.7 Å². The topological polar surface area (TPSA) is 29.5 Å². The van der Waals surface area contributed by atoms with Crippen LogP contribution in [0.25, 0.3) is 0 Å². The van der Waals surface area contributed by atoms with Crippen molar-refractivity contribution in [3.63, 3.8) is 0 Å². The first kappa shape index (κ1) is 15.9. The molecule has 5 rings (SSSR count). The maximum atomic E-state index is 12.6. The minimum atomic E-state index is 0.0571. The predicted molar refractivity (Wildman–Crippen MR) is 98.0 cm³/mol. The maximum Gasteiger partial charge on any atom is 0.134 e. The number of fused-ring (bicyclic) bond motifs is 1. The molecule has 2 bridgehead atoms. The van der Waals surface area contributed by atoms with Crippen LogP contribution in [0.15, 0.2) is 18.2 Å². The molecular weight excluding hydrogens is 310 g/mol. The minimum absolute atomic E-state index is 0.0571. The second kappa shape index (κ2) is 5.57. The third-order valence-electron chi connectivity index (χ3n) is 7.51. The van der Waals surface area contributed by atoms with Gasteiger partial charge < -0.3 is 4.74 Å². The molecule has 3 fully saturated rings. The van der Waals surface area contributed by atoms with E-state index in [-0.39, 0.29) is 5.41 Å². The van der Waals surface area contributed by atoms with Gasteiger partial charge >= 0.3 is 0 Å². The summed E-state index contributed by atoms with van der Waals surface area (Å²) in [5.74, 6) is 3.46. The highest BCUT2D eigenvalue weighted by Gasteiger charge is 2.58. The molecule has 3 heteroatoms. The molecule has 4 aliphatic rings. The third-order valence-corrected chi connectivity index (χ3v) is 7.51. The molecule has 25 heavy (non-hydrogen) atoms. The van der Waals surface area contributed by atoms with Gasteiger partial charge in [-0.2, -0.15) is 0 Å². The van der Waals surface area contributed by atoms with E-state index in [2.05, 4.69) is 30.0 Å². The summed E-state index contributed by atoms with van der Waals surface area (Å²) in [5, 5.41) is 0. The van der Waals surface area contributed by atoms with Crippen LogP contribution in [0.1, 0.15) is 50.2 Å². The lowest BCUT2D eigenvalue weighted by molar-refractivity contribution is -0.131. The number of ether oxygens (including phenoxy) is 1. The zero-order chi connectivity index (χ0) is 17.2. The van der Waals surface area contributed by atoms with Gasteiger partial charge in [-0.1, -0.05) is 13.0 Å². The fraction of sp³-hybridized carbons (Fsp3) is 0.682. The van der Waals surface area contributed by atoms with Crippen LogP contribution < -0.4 is 4.74 Å². The van der Waals surface area contributed by atoms with E-state index >= 15 is 0 Å². The van der Waals surface area contributed by atoms with Gasteiger partial charge in [-0.15, -0.1) is 0 Å². The van der Waals surface area contributed by atoms with Gasteiger partial charge in [-0.05, 0) is 73.2 Å². The Hall–Kier alpha value is -1.35. The normalized spacial score (nSPS) is 37.4. The average molecular weight is 339 g/mol. The van der Waals surface area contributed by atoms with Crippen molar-refractivity contribution in [1.82, 2.24) is 4.90 Å². The van der Waals surface area contributed by atoms with Crippen molar-refractivity contribution in [2.45, 2.75) is 56.9 Å². The van der Waals surface area contributed by atoms with Gasteiger partial charge in [0.05, 0.1) is 7.11 Å². The summed E-state index contributed by atoms with van der Waals surface area (Å²) in [4.78, 5) is 15.4. The van der Waals surface area contributed by atoms with E-state index in [4.69, 9.17) is 4.74 Å². The molecule has 1 aliphatic heterocycles. The highest BCUT2D eigenvalue weighted by molar-refractivity contribution is 5.82. The van der Waals surface area contributed by atoms with Crippen LogP contribution in [-0.4, -0.2) is 36.9 Å². The summed E-state index contributed by atoms with van der Waals surface area (Å²) >= 11 is 0. The van der Waals surface area contributed by atoms with E-state index in [9.17, 15) is 4.79 Å². The van der Waals surface area contributed by atoms with Gasteiger partial charge in [0.15, 0.2) is 0 Å². The van der Waals surface area contributed by atoms with Gasteiger partial charge in [0.25, 0.3) is 0 Å². The molecule has 3 aliphatic carbocycles. The number of carbonyl (C=O) groups is 1. The van der Waals surface area contributed by atoms with Crippen LogP contribution in [0.4, 0.5) is 0 Å². The second-order valence-electron chi connectivity index (χ2n) is 9.06. The van der Waals surface area contributed by atoms with Crippen LogP contribution in [0.2, 0.25) is 0 Å². The van der Waals surface area contributed by atoms with Gasteiger partial charge in [0.2, 0.25) is 0 Å². The molecule has 0 spiro atoms. The van der Waals surface area contributed by atoms with Crippen LogP contribution in [0.5, 0.6) is 5.75 Å². The number of hydrogen-bond donors (Lipinski definition) is 0. The summed E-state index contributed by atoms with van der Waals surface area (Å²) in [6.07, 6.45) is 6.64. The van der Waals surface area contributed by atoms with Crippen LogP contribution >= 0.6 is 0 Å². The highest BCUT2D eigenvalue weighted by Crippen LogP contribution is 2.57. The molecule has 4 atom stereocenters. The molecule has 0 N–H and O–H groups in total. The molecule has 1 aromatic rings. The lowest BCUT2D eigenvalue weighted by Crippen LogP contribution is -2.64. The fourth-order valence-corrected chi connectivity index (χ4v) is 6.38. The fourth-order valence-electron chi connectivity index (χ4n) is 6.38. The minimum Gasteiger partial charge on any atom is -0.497 e. The van der Waals surface area contributed by atoms with E-state index in [1.807, 2.05) is 0 Å². The molecule has 1 aromatic carbocycles. The van der Waals surface area contributed by atoms with E-state index in [0.717, 1.165) is 43.9 Å². The number of carbonyl (C=O) groups excluding carboxylic acids is 1. The Bertz CT molecular complexity index is 710. The molecule has 0 aromatic heterocycles. The van der Waals surface area contributed by atoms with Crippen molar-refractivity contribution < 1.29 is 9.53 Å². The number of hydrogen-bond acceptors (Lipinski definition) is 3. The lowest BCUT2D eigenvalue weighted by atomic mass is 9.49. The first-order valence-electron chi connectivity index (χ1n) is 10.0. The molecule has 2 saturated carbocycles. The van der Waals surface area contributed by atoms with Crippen molar-refractivity contribution in [3.8, 4) is 5.75 Å². The van der Waals surface area contributed by atoms with E-state index in [1.54, 1.807) is 7.11 Å². The van der Waals surface area contributed by atoms with Gasteiger partial charge in [-0.3, -0.25) is 9.69 Å². The summed E-state index contributed by atoms with van der Waals surface area (Å²) in [5.41, 5.74) is 2.95. The number of methoxy groups -OCH3 is 1. The number of Topliss-reactive ketones (excluding diaryl/α,β-unsaturated/α-hetero) is 1. The maximum absolute atomic E-state index is 12.6. The van der Waals surface area contributed by atoms with Crippen molar-refractivity contribution in [2.75, 3.05) is 20.2 Å². The highest BCUT2D eigenvalue weighted by atomic mass is 16.5. The molecule has 0 amide bonds. The van der Waals surface area contributed by atoms with Gasteiger partial charge in [0.1, 0.15) is 11.5 Å². The largest absolute Gasteiger partial charge is 0.497 e. The summed E-state index contributed by atoms with van der Waals surface area (Å²) in [7, 11) is 1.75. The van der Waals surface area contributed by atoms with E-state index < -0.39 is 0 Å². The smallest absolute Gasteiger partial charge is 0.134 e. The standard InChI is InChI=1S/C22H29NO2/c1-14-9-17(24)12-22-7-8-23(13-15-3-4-15)20(21(14)22)10-16-5-6-18(25-2)11-19(16)22/h5-6,11,14-15,20-21H,3-4,7-10,12-13H2,1-2H3/t14-,20?,21-,22?/m1/s1. The summed E-state index contributed by atoms with van der Waals surface area (Å²) in [6.45, 7) is 4.77. The first-order chi connectivity index (χ1) is 12.1. The molecule has 1 heterocycles. The third kappa shape index (κ3) is 2.38. The quantitative estimate of drug-likeness (QED) is 0.843. The van der Waals surface area contributed by atoms with Crippen molar-refractivity contribution in [2.24, 2.45) is 17.8 Å². The summed E-state index contributed by atoms with van der Waals surface area (Å²) in [6, 6.07) is 7.24. The number of likely N-dealkylation sites (tertiary alicyclic amines) is 1. The number of ketones is 1. The zero-order valence-electron chi connectivity index (χ0n) is 15.5. The monoisotopic (exact) mass is 339 g/mol. The van der Waals surface area contributed by atoms with Crippen LogP contribution in [0, 0.1) is 17.8 Å². The number of rotatable bonds is 3. The van der Waals surface area contributed by atoms with Crippen molar-refractivity contribution >= 4 is 5.78 Å². The average Bonchev–Trinajstić information content (AvgIpc) is 3.40. The Morgan fingerprint density at radius 2 is 2.12 bits per heavy atom. The molecule has 134 valence electrons. The summed E-state index contributed by atoms with van der Waals surface area (Å²) < 4.78 is 5.53. The van der Waals surface area contributed by atoms with Crippen LogP contribution in [0.3, 0.4) is 0 Å². The van der Waals surface area contributed by atoms with Crippen LogP contribution in [-0.2, 0) is 16.6 Å². The number of nitrogens with zero attached hydrogens (tertiary/aromatic N) is 1. The Labute approximate surface area is 150 Å². The lowest BCUT2D eigenvalue weighted by Gasteiger charge is -2.60. The Balaban J connectivity index is 1.62. The Morgan fingerprint density at radius 1 is 1.28 bits per heavy atom. The molecule has 1 saturated heterocycles. The van der Waals surface area contributed by atoms with E-state index in [1.165, 1.54) is 30.5 Å². The number of benzene rings is 1. The molecular formula is C22H29NO2. The zero-order valence-corrected chi connectivity index (χ0v) is 15.5. The van der Waals surface area contributed by atoms with Crippen molar-refractivity contribution in [1.29, 1.82) is 0 Å². The Morgan fingerprint density at radius 3 is 2.88 bits per heavy atom. The molecule has 3 nitrogen and oxygen atoms in total. The Kier molecular flexibility index (Phi) is 3.54. The SMILES string of the molecule is COc1ccc2c(c1)C13CCN(CC4CC4)C(C2)[C@H]1[C@H](C)CC(=O)C3. The van der Waals surface area contributed by atoms with Gasteiger partial charge in [-0.25, -0.2) is 0 Å². The first-order valence-corrected chi connectivity index (χ1v) is 10.0.